The van der Waals surface area contributed by atoms with Gasteiger partial charge in [-0.1, -0.05) is 0 Å². The molecular formula is C11H12N4O4. The first-order valence-electron chi connectivity index (χ1n) is 5.36. The van der Waals surface area contributed by atoms with Gasteiger partial charge < -0.3 is 10.0 Å². The molecule has 0 aromatic carbocycles. The second kappa shape index (κ2) is 5.77. The van der Waals surface area contributed by atoms with E-state index in [9.17, 15) is 14.9 Å². The van der Waals surface area contributed by atoms with Crippen LogP contribution in [0.4, 0.5) is 11.5 Å². The van der Waals surface area contributed by atoms with Gasteiger partial charge in [0.2, 0.25) is 5.82 Å². The van der Waals surface area contributed by atoms with Crippen LogP contribution in [-0.4, -0.2) is 34.6 Å². The van der Waals surface area contributed by atoms with Gasteiger partial charge in [0, 0.05) is 19.7 Å². The lowest BCUT2D eigenvalue weighted by atomic mass is 10.2. The molecule has 1 aromatic rings. The summed E-state index contributed by atoms with van der Waals surface area (Å²) in [5.41, 5.74) is -0.574. The van der Waals surface area contributed by atoms with E-state index < -0.39 is 10.9 Å². The zero-order valence-corrected chi connectivity index (χ0v) is 10.4. The fraction of sp³-hybridized carbons (Fsp3) is 0.364. The highest BCUT2D eigenvalue weighted by Gasteiger charge is 2.22. The number of carbonyl (C=O) groups is 1. The molecule has 1 aromatic heterocycles. The molecule has 0 radical (unpaired) electrons. The van der Waals surface area contributed by atoms with Crippen molar-refractivity contribution in [1.29, 1.82) is 5.26 Å². The Labute approximate surface area is 109 Å². The van der Waals surface area contributed by atoms with Crippen LogP contribution in [0.5, 0.6) is 0 Å². The molecule has 0 fully saturated rings. The molecule has 0 bridgehead atoms. The van der Waals surface area contributed by atoms with Crippen LogP contribution in [0.15, 0.2) is 12.1 Å². The summed E-state index contributed by atoms with van der Waals surface area (Å²) in [5.74, 6) is -1.69. The van der Waals surface area contributed by atoms with Crippen LogP contribution in [-0.2, 0) is 0 Å². The first kappa shape index (κ1) is 14.4. The summed E-state index contributed by atoms with van der Waals surface area (Å²) >= 11 is 0. The number of hydrogen-bond donors (Lipinski definition) is 1. The molecule has 0 aliphatic heterocycles. The molecule has 1 unspecified atom stereocenters. The Kier molecular flexibility index (Phi) is 4.36. The smallest absolute Gasteiger partial charge is 0.354 e. The number of pyridine rings is 1. The largest absolute Gasteiger partial charge is 0.477 e. The van der Waals surface area contributed by atoms with E-state index in [2.05, 4.69) is 4.98 Å². The predicted molar refractivity (Wildman–Crippen MR) is 65.9 cm³/mol. The topological polar surface area (TPSA) is 120 Å². The lowest BCUT2D eigenvalue weighted by Crippen LogP contribution is -2.25. The number of nitro groups is 1. The van der Waals surface area contributed by atoms with Crippen molar-refractivity contribution >= 4 is 17.5 Å². The van der Waals surface area contributed by atoms with E-state index in [0.717, 1.165) is 12.1 Å². The summed E-state index contributed by atoms with van der Waals surface area (Å²) in [6.45, 7) is 1.87. The Morgan fingerprint density at radius 1 is 1.68 bits per heavy atom. The fourth-order valence-electron chi connectivity index (χ4n) is 1.52. The van der Waals surface area contributed by atoms with Gasteiger partial charge in [-0.15, -0.1) is 0 Å². The number of carboxylic acids is 1. The minimum Gasteiger partial charge on any atom is -0.477 e. The van der Waals surface area contributed by atoms with Gasteiger partial charge in [-0.2, -0.15) is 5.26 Å². The number of anilines is 1. The van der Waals surface area contributed by atoms with Crippen molar-refractivity contribution in [3.05, 3.63) is 27.9 Å². The van der Waals surface area contributed by atoms with E-state index in [1.807, 2.05) is 6.07 Å². The molecule has 0 amide bonds. The molecule has 1 atom stereocenters. The molecule has 1 rings (SSSR count). The monoisotopic (exact) mass is 264 g/mol. The van der Waals surface area contributed by atoms with Crippen LogP contribution in [0.2, 0.25) is 0 Å². The molecule has 100 valence electrons. The minimum absolute atomic E-state index is 0.0630. The van der Waals surface area contributed by atoms with Gasteiger partial charge in [0.15, 0.2) is 5.69 Å². The number of aromatic carboxylic acids is 1. The number of rotatable bonds is 5. The lowest BCUT2D eigenvalue weighted by Gasteiger charge is -2.19. The maximum Gasteiger partial charge on any atom is 0.354 e. The van der Waals surface area contributed by atoms with E-state index >= 15 is 0 Å². The first-order chi connectivity index (χ1) is 8.86. The molecule has 1 N–H and O–H groups in total. The van der Waals surface area contributed by atoms with Crippen molar-refractivity contribution in [2.75, 3.05) is 18.5 Å². The van der Waals surface area contributed by atoms with Gasteiger partial charge in [-0.05, 0) is 13.0 Å². The summed E-state index contributed by atoms with van der Waals surface area (Å²) in [4.78, 5) is 26.2. The van der Waals surface area contributed by atoms with Crippen LogP contribution in [0.3, 0.4) is 0 Å². The van der Waals surface area contributed by atoms with E-state index in [1.54, 1.807) is 6.92 Å². The van der Waals surface area contributed by atoms with Crippen molar-refractivity contribution < 1.29 is 14.8 Å². The third-order valence-electron chi connectivity index (χ3n) is 2.40. The number of aromatic nitrogens is 1. The number of nitriles is 1. The van der Waals surface area contributed by atoms with E-state index in [4.69, 9.17) is 10.4 Å². The van der Waals surface area contributed by atoms with Gasteiger partial charge in [0.1, 0.15) is 0 Å². The van der Waals surface area contributed by atoms with Gasteiger partial charge in [0.05, 0.1) is 16.9 Å². The molecule has 0 saturated carbocycles. The molecule has 0 aliphatic carbocycles. The molecule has 1 heterocycles. The standard InChI is InChI=1S/C11H12N4O4/c1-7(5-12)6-14(2)10-9(15(18)19)4-3-8(13-10)11(16)17/h3-4,7H,6H2,1-2H3,(H,16,17). The lowest BCUT2D eigenvalue weighted by molar-refractivity contribution is -0.384. The van der Waals surface area contributed by atoms with Gasteiger partial charge >= 0.3 is 11.7 Å². The number of hydrogen-bond acceptors (Lipinski definition) is 6. The van der Waals surface area contributed by atoms with Crippen LogP contribution in [0, 0.1) is 27.4 Å². The van der Waals surface area contributed by atoms with Crippen LogP contribution in [0.25, 0.3) is 0 Å². The number of nitrogens with zero attached hydrogens (tertiary/aromatic N) is 4. The molecule has 0 aliphatic rings. The maximum absolute atomic E-state index is 10.9. The Morgan fingerprint density at radius 2 is 2.32 bits per heavy atom. The fourth-order valence-corrected chi connectivity index (χ4v) is 1.52. The summed E-state index contributed by atoms with van der Waals surface area (Å²) in [5, 5.41) is 28.5. The normalized spacial score (nSPS) is 11.4. The molecule has 8 heteroatoms. The zero-order valence-electron chi connectivity index (χ0n) is 10.4. The first-order valence-corrected chi connectivity index (χ1v) is 5.36. The van der Waals surface area contributed by atoms with Crippen LogP contribution in [0.1, 0.15) is 17.4 Å². The van der Waals surface area contributed by atoms with Crippen LogP contribution < -0.4 is 4.90 Å². The third-order valence-corrected chi connectivity index (χ3v) is 2.40. The summed E-state index contributed by atoms with van der Waals surface area (Å²) in [6, 6.07) is 4.17. The third kappa shape index (κ3) is 3.38. The van der Waals surface area contributed by atoms with Gasteiger partial charge in [0.25, 0.3) is 0 Å². The van der Waals surface area contributed by atoms with E-state index in [1.165, 1.54) is 11.9 Å². The highest BCUT2D eigenvalue weighted by atomic mass is 16.6. The van der Waals surface area contributed by atoms with Gasteiger partial charge in [-0.3, -0.25) is 10.1 Å². The van der Waals surface area contributed by atoms with Crippen molar-refractivity contribution in [3.8, 4) is 6.07 Å². The molecule has 0 spiro atoms. The Bertz CT molecular complexity index is 552. The van der Waals surface area contributed by atoms with E-state index in [0.29, 0.717) is 0 Å². The highest BCUT2D eigenvalue weighted by Crippen LogP contribution is 2.25. The Balaban J connectivity index is 3.21. The predicted octanol–water partition coefficient (Wildman–Crippen LogP) is 1.28. The second-order valence-corrected chi connectivity index (χ2v) is 4.01. The van der Waals surface area contributed by atoms with Crippen molar-refractivity contribution in [3.63, 3.8) is 0 Å². The van der Waals surface area contributed by atoms with Crippen molar-refractivity contribution in [2.24, 2.45) is 5.92 Å². The molecule has 0 saturated heterocycles. The Hall–Kier alpha value is -2.69. The quantitative estimate of drug-likeness (QED) is 0.628. The van der Waals surface area contributed by atoms with Crippen LogP contribution >= 0.6 is 0 Å². The average Bonchev–Trinajstić information content (AvgIpc) is 2.37. The van der Waals surface area contributed by atoms with Gasteiger partial charge in [-0.25, -0.2) is 9.78 Å². The average molecular weight is 264 g/mol. The van der Waals surface area contributed by atoms with Crippen molar-refractivity contribution in [1.82, 2.24) is 4.98 Å². The summed E-state index contributed by atoms with van der Waals surface area (Å²) < 4.78 is 0. The van der Waals surface area contributed by atoms with E-state index in [-0.39, 0.29) is 29.7 Å². The summed E-state index contributed by atoms with van der Waals surface area (Å²) in [7, 11) is 1.52. The highest BCUT2D eigenvalue weighted by molar-refractivity contribution is 5.86. The SMILES string of the molecule is CC(C#N)CN(C)c1nc(C(=O)O)ccc1[N+](=O)[O-]. The molecule has 8 nitrogen and oxygen atoms in total. The minimum atomic E-state index is -1.27. The number of carboxylic acid groups (broad SMARTS) is 1. The Morgan fingerprint density at radius 3 is 2.79 bits per heavy atom. The summed E-state index contributed by atoms with van der Waals surface area (Å²) in [6.07, 6.45) is 0. The maximum atomic E-state index is 10.9. The molecular weight excluding hydrogens is 252 g/mol. The second-order valence-electron chi connectivity index (χ2n) is 4.01. The zero-order chi connectivity index (χ0) is 14.6. The molecule has 19 heavy (non-hydrogen) atoms. The van der Waals surface area contributed by atoms with Crippen molar-refractivity contribution in [2.45, 2.75) is 6.92 Å².